The van der Waals surface area contributed by atoms with E-state index in [0.717, 1.165) is 0 Å². The molecule has 0 unspecified atom stereocenters. The Morgan fingerprint density at radius 1 is 1.40 bits per heavy atom. The van der Waals surface area contributed by atoms with Crippen LogP contribution < -0.4 is 4.72 Å². The van der Waals surface area contributed by atoms with Gasteiger partial charge < -0.3 is 9.84 Å². The molecule has 1 saturated heterocycles. The Hall–Kier alpha value is -0.700. The lowest BCUT2D eigenvalue weighted by atomic mass is 9.98. The number of carbonyl (C=O) groups excluding carboxylic acids is 1. The molecule has 0 radical (unpaired) electrons. The normalized spacial score (nSPS) is 19.8. The summed E-state index contributed by atoms with van der Waals surface area (Å²) in [6.07, 6.45) is 1.46. The van der Waals surface area contributed by atoms with Crippen molar-refractivity contribution in [3.63, 3.8) is 0 Å². The van der Waals surface area contributed by atoms with Crippen LogP contribution in [0, 0.1) is 5.92 Å². The van der Waals surface area contributed by atoms with E-state index in [1.165, 1.54) is 4.31 Å². The molecule has 8 heteroatoms. The summed E-state index contributed by atoms with van der Waals surface area (Å²) >= 11 is 0. The molecule has 0 aromatic heterocycles. The van der Waals surface area contributed by atoms with Gasteiger partial charge in [-0.05, 0) is 26.2 Å². The third-order valence-corrected chi connectivity index (χ3v) is 5.12. The molecule has 0 amide bonds. The zero-order valence-electron chi connectivity index (χ0n) is 12.0. The first-order valence-corrected chi connectivity index (χ1v) is 8.43. The molecule has 1 atom stereocenters. The lowest BCUT2D eigenvalue weighted by molar-refractivity contribution is -0.149. The van der Waals surface area contributed by atoms with E-state index < -0.39 is 16.3 Å². The van der Waals surface area contributed by atoms with Gasteiger partial charge in [0, 0.05) is 19.1 Å². The molecule has 1 aliphatic rings. The number of hydrogen-bond acceptors (Lipinski definition) is 5. The highest BCUT2D eigenvalue weighted by Gasteiger charge is 2.32. The maximum absolute atomic E-state index is 12.1. The summed E-state index contributed by atoms with van der Waals surface area (Å²) in [6, 6.07) is -0.470. The number of aliphatic hydroxyl groups excluding tert-OH is 1. The number of ether oxygens (including phenoxy) is 1. The highest BCUT2D eigenvalue weighted by molar-refractivity contribution is 7.87. The van der Waals surface area contributed by atoms with Gasteiger partial charge in [-0.2, -0.15) is 17.4 Å². The summed E-state index contributed by atoms with van der Waals surface area (Å²) in [6.45, 7) is 4.25. The quantitative estimate of drug-likeness (QED) is 0.639. The maximum Gasteiger partial charge on any atom is 0.309 e. The number of carbonyl (C=O) groups is 1. The van der Waals surface area contributed by atoms with Gasteiger partial charge in [0.05, 0.1) is 19.1 Å². The first-order chi connectivity index (χ1) is 9.44. The number of piperidine rings is 1. The summed E-state index contributed by atoms with van der Waals surface area (Å²) < 4.78 is 32.9. The zero-order valence-corrected chi connectivity index (χ0v) is 12.9. The standard InChI is InChI=1S/C12H24N2O5S/c1-3-11(9-15)13-20(17,18)14-7-5-10(6-8-14)12(16)19-4-2/h10-11,13,15H,3-9H2,1-2H3/t11-/m0/s1. The molecular weight excluding hydrogens is 284 g/mol. The number of rotatable bonds is 7. The Balaban J connectivity index is 2.53. The van der Waals surface area contributed by atoms with Crippen molar-refractivity contribution in [1.82, 2.24) is 9.03 Å². The predicted octanol–water partition coefficient (Wildman–Crippen LogP) is -0.133. The summed E-state index contributed by atoms with van der Waals surface area (Å²) in [4.78, 5) is 11.6. The van der Waals surface area contributed by atoms with Crippen LogP contribution in [0.15, 0.2) is 0 Å². The fourth-order valence-corrected chi connectivity index (χ4v) is 3.63. The smallest absolute Gasteiger partial charge is 0.309 e. The zero-order chi connectivity index (χ0) is 15.2. The van der Waals surface area contributed by atoms with E-state index in [0.29, 0.717) is 39.0 Å². The molecule has 118 valence electrons. The minimum Gasteiger partial charge on any atom is -0.466 e. The highest BCUT2D eigenvalue weighted by Crippen LogP contribution is 2.20. The molecule has 2 N–H and O–H groups in total. The summed E-state index contributed by atoms with van der Waals surface area (Å²) in [5.41, 5.74) is 0. The van der Waals surface area contributed by atoms with Gasteiger partial charge in [-0.25, -0.2) is 0 Å². The Kier molecular flexibility index (Phi) is 6.87. The molecule has 0 aromatic rings. The monoisotopic (exact) mass is 308 g/mol. The van der Waals surface area contributed by atoms with E-state index in [9.17, 15) is 13.2 Å². The molecule has 1 aliphatic heterocycles. The Labute approximate surface area is 120 Å². The number of aliphatic hydroxyl groups is 1. The minimum absolute atomic E-state index is 0.221. The third kappa shape index (κ3) is 4.69. The molecule has 1 rings (SSSR count). The predicted molar refractivity (Wildman–Crippen MR) is 74.2 cm³/mol. The summed E-state index contributed by atoms with van der Waals surface area (Å²) in [7, 11) is -3.60. The van der Waals surface area contributed by atoms with E-state index in [1.54, 1.807) is 13.8 Å². The topological polar surface area (TPSA) is 95.9 Å². The van der Waals surface area contributed by atoms with Crippen molar-refractivity contribution in [3.8, 4) is 0 Å². The van der Waals surface area contributed by atoms with Crippen LogP contribution in [0.4, 0.5) is 0 Å². The lowest BCUT2D eigenvalue weighted by Crippen LogP contribution is -2.49. The first kappa shape index (κ1) is 17.4. The van der Waals surface area contributed by atoms with Gasteiger partial charge in [-0.15, -0.1) is 0 Å². The molecular formula is C12H24N2O5S. The Bertz CT molecular complexity index is 400. The van der Waals surface area contributed by atoms with E-state index in [-0.39, 0.29) is 18.5 Å². The van der Waals surface area contributed by atoms with Crippen molar-refractivity contribution in [2.75, 3.05) is 26.3 Å². The molecule has 0 saturated carbocycles. The second kappa shape index (κ2) is 7.92. The fourth-order valence-electron chi connectivity index (χ4n) is 2.13. The van der Waals surface area contributed by atoms with Crippen molar-refractivity contribution >= 4 is 16.2 Å². The largest absolute Gasteiger partial charge is 0.466 e. The summed E-state index contributed by atoms with van der Waals surface area (Å²) in [5, 5.41) is 9.05. The number of hydrogen-bond donors (Lipinski definition) is 2. The van der Waals surface area contributed by atoms with Gasteiger partial charge in [-0.1, -0.05) is 6.92 Å². The van der Waals surface area contributed by atoms with E-state index in [4.69, 9.17) is 9.84 Å². The van der Waals surface area contributed by atoms with Gasteiger partial charge in [0.15, 0.2) is 0 Å². The minimum atomic E-state index is -3.60. The Morgan fingerprint density at radius 2 is 2.00 bits per heavy atom. The average molecular weight is 308 g/mol. The fraction of sp³-hybridized carbons (Fsp3) is 0.917. The van der Waals surface area contributed by atoms with E-state index >= 15 is 0 Å². The van der Waals surface area contributed by atoms with Crippen LogP contribution in [0.1, 0.15) is 33.1 Å². The van der Waals surface area contributed by atoms with Crippen LogP contribution in [0.3, 0.4) is 0 Å². The van der Waals surface area contributed by atoms with Crippen LogP contribution in [0.2, 0.25) is 0 Å². The van der Waals surface area contributed by atoms with Crippen LogP contribution in [-0.2, 0) is 19.7 Å². The molecule has 0 bridgehead atoms. The van der Waals surface area contributed by atoms with Gasteiger partial charge in [0.2, 0.25) is 0 Å². The van der Waals surface area contributed by atoms with Crippen molar-refractivity contribution in [1.29, 1.82) is 0 Å². The second-order valence-electron chi connectivity index (χ2n) is 4.84. The average Bonchev–Trinajstić information content (AvgIpc) is 2.45. The van der Waals surface area contributed by atoms with E-state index in [1.807, 2.05) is 0 Å². The first-order valence-electron chi connectivity index (χ1n) is 6.99. The number of nitrogens with zero attached hydrogens (tertiary/aromatic N) is 1. The van der Waals surface area contributed by atoms with Gasteiger partial charge in [-0.3, -0.25) is 4.79 Å². The van der Waals surface area contributed by atoms with Crippen molar-refractivity contribution in [2.45, 2.75) is 39.2 Å². The maximum atomic E-state index is 12.1. The van der Waals surface area contributed by atoms with Crippen molar-refractivity contribution in [2.24, 2.45) is 5.92 Å². The molecule has 0 spiro atoms. The molecule has 1 heterocycles. The molecule has 0 aromatic carbocycles. The number of esters is 1. The van der Waals surface area contributed by atoms with Crippen LogP contribution in [-0.4, -0.2) is 56.1 Å². The highest BCUT2D eigenvalue weighted by atomic mass is 32.2. The van der Waals surface area contributed by atoms with Crippen molar-refractivity contribution < 1.29 is 23.1 Å². The van der Waals surface area contributed by atoms with Crippen molar-refractivity contribution in [3.05, 3.63) is 0 Å². The van der Waals surface area contributed by atoms with Gasteiger partial charge in [0.1, 0.15) is 0 Å². The summed E-state index contributed by atoms with van der Waals surface area (Å²) in [5.74, 6) is -0.472. The van der Waals surface area contributed by atoms with Crippen LogP contribution in [0.25, 0.3) is 0 Å². The third-order valence-electron chi connectivity index (χ3n) is 3.44. The molecule has 1 fully saturated rings. The molecule has 0 aliphatic carbocycles. The number of nitrogens with one attached hydrogen (secondary N) is 1. The van der Waals surface area contributed by atoms with Gasteiger partial charge >= 0.3 is 5.97 Å². The van der Waals surface area contributed by atoms with E-state index in [2.05, 4.69) is 4.72 Å². The van der Waals surface area contributed by atoms with Crippen LogP contribution in [0.5, 0.6) is 0 Å². The molecule has 20 heavy (non-hydrogen) atoms. The van der Waals surface area contributed by atoms with Crippen LogP contribution >= 0.6 is 0 Å². The lowest BCUT2D eigenvalue weighted by Gasteiger charge is -2.31. The SMILES string of the molecule is CCOC(=O)C1CCN(S(=O)(=O)N[C@@H](CC)CO)CC1. The van der Waals surface area contributed by atoms with Gasteiger partial charge in [0.25, 0.3) is 10.2 Å². The Morgan fingerprint density at radius 3 is 2.45 bits per heavy atom. The second-order valence-corrected chi connectivity index (χ2v) is 6.54. The molecule has 7 nitrogen and oxygen atoms in total.